The Balaban J connectivity index is 2.13. The molecule has 1 aromatic carbocycles. The molecule has 1 fully saturated rings. The highest BCUT2D eigenvalue weighted by atomic mass is 35.5. The van der Waals surface area contributed by atoms with Crippen LogP contribution in [0.4, 0.5) is 4.39 Å². The Morgan fingerprint density at radius 1 is 1.35 bits per heavy atom. The van der Waals surface area contributed by atoms with Crippen LogP contribution in [-0.4, -0.2) is 51.3 Å². The van der Waals surface area contributed by atoms with Gasteiger partial charge in [-0.1, -0.05) is 11.6 Å². The summed E-state index contributed by atoms with van der Waals surface area (Å²) in [4.78, 5) is 13.2. The van der Waals surface area contributed by atoms with Crippen molar-refractivity contribution in [1.82, 2.24) is 4.90 Å². The van der Waals surface area contributed by atoms with Crippen LogP contribution in [0.15, 0.2) is 23.1 Å². The number of hydrogen-bond donors (Lipinski definition) is 0. The average molecular weight is 322 g/mol. The van der Waals surface area contributed by atoms with Gasteiger partial charge in [0.15, 0.2) is 9.84 Å². The lowest BCUT2D eigenvalue weighted by molar-refractivity contribution is -0.132. The molecule has 5 nitrogen and oxygen atoms in total. The number of halogens is 2. The Bertz CT molecular complexity index is 614. The second-order valence-electron chi connectivity index (χ2n) is 4.33. The smallest absolute Gasteiger partial charge is 0.238 e. The zero-order chi connectivity index (χ0) is 14.8. The maximum atomic E-state index is 13.0. The quantitative estimate of drug-likeness (QED) is 0.782. The predicted molar refractivity (Wildman–Crippen MR) is 70.9 cm³/mol. The highest BCUT2D eigenvalue weighted by Gasteiger charge is 2.25. The van der Waals surface area contributed by atoms with Crippen molar-refractivity contribution < 1.29 is 22.3 Å². The molecule has 1 aromatic rings. The molecular weight excluding hydrogens is 309 g/mol. The van der Waals surface area contributed by atoms with Gasteiger partial charge in [0.2, 0.25) is 5.91 Å². The van der Waals surface area contributed by atoms with Gasteiger partial charge in [0.25, 0.3) is 0 Å². The first-order valence-corrected chi connectivity index (χ1v) is 7.96. The maximum absolute atomic E-state index is 13.0. The van der Waals surface area contributed by atoms with Crippen LogP contribution in [-0.2, 0) is 19.4 Å². The lowest BCUT2D eigenvalue weighted by atomic mass is 10.3. The molecule has 0 N–H and O–H groups in total. The standard InChI is InChI=1S/C12H13ClFNO4S/c13-10-7-9(1-2-11(10)14)20(17,18)8-12(16)15-3-5-19-6-4-15/h1-2,7H,3-6,8H2. The molecule has 1 heterocycles. The van der Waals surface area contributed by atoms with Gasteiger partial charge in [-0.15, -0.1) is 0 Å². The molecule has 0 aromatic heterocycles. The number of ether oxygens (including phenoxy) is 1. The van der Waals surface area contributed by atoms with E-state index in [0.717, 1.165) is 18.2 Å². The van der Waals surface area contributed by atoms with Crippen LogP contribution in [0.5, 0.6) is 0 Å². The monoisotopic (exact) mass is 321 g/mol. The fraction of sp³-hybridized carbons (Fsp3) is 0.417. The van der Waals surface area contributed by atoms with Gasteiger partial charge in [0.05, 0.1) is 23.1 Å². The number of rotatable bonds is 3. The molecule has 0 bridgehead atoms. The van der Waals surface area contributed by atoms with Crippen molar-refractivity contribution in [3.05, 3.63) is 29.0 Å². The van der Waals surface area contributed by atoms with Gasteiger partial charge in [0.1, 0.15) is 11.6 Å². The fourth-order valence-electron chi connectivity index (χ4n) is 1.82. The third-order valence-corrected chi connectivity index (χ3v) is 4.82. The molecule has 0 aliphatic carbocycles. The molecule has 2 rings (SSSR count). The molecule has 0 spiro atoms. The molecule has 1 aliphatic heterocycles. The molecular formula is C12H13ClFNO4S. The molecule has 0 radical (unpaired) electrons. The van der Waals surface area contributed by atoms with E-state index in [-0.39, 0.29) is 9.92 Å². The van der Waals surface area contributed by atoms with E-state index >= 15 is 0 Å². The van der Waals surface area contributed by atoms with Crippen molar-refractivity contribution in [2.75, 3.05) is 32.1 Å². The number of hydrogen-bond acceptors (Lipinski definition) is 4. The van der Waals surface area contributed by atoms with Crippen molar-refractivity contribution in [2.24, 2.45) is 0 Å². The second-order valence-corrected chi connectivity index (χ2v) is 6.72. The largest absolute Gasteiger partial charge is 0.378 e. The van der Waals surface area contributed by atoms with E-state index in [1.165, 1.54) is 4.90 Å². The summed E-state index contributed by atoms with van der Waals surface area (Å²) in [6.07, 6.45) is 0. The van der Waals surface area contributed by atoms with Crippen LogP contribution in [0.25, 0.3) is 0 Å². The topological polar surface area (TPSA) is 63.7 Å². The van der Waals surface area contributed by atoms with Crippen molar-refractivity contribution in [2.45, 2.75) is 4.90 Å². The minimum absolute atomic E-state index is 0.162. The fourth-order valence-corrected chi connectivity index (χ4v) is 3.31. The zero-order valence-electron chi connectivity index (χ0n) is 10.5. The number of nitrogens with zero attached hydrogens (tertiary/aromatic N) is 1. The first-order valence-electron chi connectivity index (χ1n) is 5.93. The van der Waals surface area contributed by atoms with E-state index in [0.29, 0.717) is 26.3 Å². The van der Waals surface area contributed by atoms with Gasteiger partial charge in [0, 0.05) is 13.1 Å². The predicted octanol–water partition coefficient (Wildman–Crippen LogP) is 1.11. The summed E-state index contributed by atoms with van der Waals surface area (Å²) in [6, 6.07) is 3.08. The Labute approximate surface area is 121 Å². The van der Waals surface area contributed by atoms with Crippen molar-refractivity contribution >= 4 is 27.3 Å². The minimum Gasteiger partial charge on any atom is -0.378 e. The molecule has 0 unspecified atom stereocenters. The highest BCUT2D eigenvalue weighted by Crippen LogP contribution is 2.20. The third kappa shape index (κ3) is 3.47. The summed E-state index contributed by atoms with van der Waals surface area (Å²) in [6.45, 7) is 1.54. The average Bonchev–Trinajstić information content (AvgIpc) is 2.42. The maximum Gasteiger partial charge on any atom is 0.238 e. The summed E-state index contributed by atoms with van der Waals surface area (Å²) in [5, 5.41) is -0.287. The van der Waals surface area contributed by atoms with Crippen LogP contribution in [0, 0.1) is 5.82 Å². The van der Waals surface area contributed by atoms with Crippen LogP contribution in [0.2, 0.25) is 5.02 Å². The molecule has 20 heavy (non-hydrogen) atoms. The molecule has 1 saturated heterocycles. The van der Waals surface area contributed by atoms with Crippen molar-refractivity contribution in [3.8, 4) is 0 Å². The van der Waals surface area contributed by atoms with Crippen molar-refractivity contribution in [1.29, 1.82) is 0 Å². The lowest BCUT2D eigenvalue weighted by Gasteiger charge is -2.26. The summed E-state index contributed by atoms with van der Waals surface area (Å²) < 4.78 is 42.3. The lowest BCUT2D eigenvalue weighted by Crippen LogP contribution is -2.43. The Hall–Kier alpha value is -1.18. The van der Waals surface area contributed by atoms with E-state index in [2.05, 4.69) is 0 Å². The SMILES string of the molecule is O=C(CS(=O)(=O)c1ccc(F)c(Cl)c1)N1CCOCC1. The first-order chi connectivity index (χ1) is 9.40. The third-order valence-electron chi connectivity index (χ3n) is 2.93. The number of benzene rings is 1. The molecule has 110 valence electrons. The normalized spacial score (nSPS) is 16.2. The summed E-state index contributed by atoms with van der Waals surface area (Å²) >= 11 is 5.55. The van der Waals surface area contributed by atoms with E-state index in [1.54, 1.807) is 0 Å². The molecule has 8 heteroatoms. The van der Waals surface area contributed by atoms with Gasteiger partial charge < -0.3 is 9.64 Å². The van der Waals surface area contributed by atoms with Crippen LogP contribution in [0.1, 0.15) is 0 Å². The number of sulfone groups is 1. The molecule has 1 amide bonds. The minimum atomic E-state index is -3.83. The molecule has 0 atom stereocenters. The Morgan fingerprint density at radius 2 is 2.00 bits per heavy atom. The summed E-state index contributed by atoms with van der Waals surface area (Å²) in [5.74, 6) is -1.85. The summed E-state index contributed by atoms with van der Waals surface area (Å²) in [7, 11) is -3.83. The zero-order valence-corrected chi connectivity index (χ0v) is 12.1. The van der Waals surface area contributed by atoms with Gasteiger partial charge in [-0.3, -0.25) is 4.79 Å². The molecule has 0 saturated carbocycles. The van der Waals surface area contributed by atoms with Gasteiger partial charge in [-0.05, 0) is 18.2 Å². The molecule has 1 aliphatic rings. The highest BCUT2D eigenvalue weighted by molar-refractivity contribution is 7.92. The van der Waals surface area contributed by atoms with E-state index in [1.807, 2.05) is 0 Å². The van der Waals surface area contributed by atoms with Gasteiger partial charge >= 0.3 is 0 Å². The first kappa shape index (κ1) is 15.2. The Kier molecular flexibility index (Phi) is 4.62. The number of carbonyl (C=O) groups excluding carboxylic acids is 1. The van der Waals surface area contributed by atoms with E-state index in [9.17, 15) is 17.6 Å². The van der Waals surface area contributed by atoms with Crippen LogP contribution in [0.3, 0.4) is 0 Å². The number of carbonyl (C=O) groups is 1. The van der Waals surface area contributed by atoms with Crippen molar-refractivity contribution in [3.63, 3.8) is 0 Å². The van der Waals surface area contributed by atoms with E-state index < -0.39 is 27.3 Å². The second kappa shape index (κ2) is 6.07. The number of amides is 1. The summed E-state index contributed by atoms with van der Waals surface area (Å²) in [5.41, 5.74) is 0. The van der Waals surface area contributed by atoms with Crippen LogP contribution >= 0.6 is 11.6 Å². The Morgan fingerprint density at radius 3 is 2.60 bits per heavy atom. The van der Waals surface area contributed by atoms with Gasteiger partial charge in [-0.2, -0.15) is 0 Å². The van der Waals surface area contributed by atoms with Gasteiger partial charge in [-0.25, -0.2) is 12.8 Å². The van der Waals surface area contributed by atoms with E-state index in [4.69, 9.17) is 16.3 Å². The number of morpholine rings is 1. The van der Waals surface area contributed by atoms with Crippen LogP contribution < -0.4 is 0 Å².